The second-order valence-corrected chi connectivity index (χ2v) is 6.15. The summed E-state index contributed by atoms with van der Waals surface area (Å²) in [6.07, 6.45) is 0. The standard InChI is InChI=1S/C13H11FN2O5S/c1-8-2-5-12(17)13(6-8)22(20,21)15-9-3-4-10(14)11(7-9)16(18)19/h2-7,15,17H,1H3. The Kier molecular flexibility index (Phi) is 4.00. The number of rotatable bonds is 4. The monoisotopic (exact) mass is 326 g/mol. The third kappa shape index (κ3) is 3.14. The van der Waals surface area contributed by atoms with Gasteiger partial charge < -0.3 is 5.11 Å². The molecule has 0 atom stereocenters. The predicted molar refractivity (Wildman–Crippen MR) is 76.7 cm³/mol. The van der Waals surface area contributed by atoms with E-state index >= 15 is 0 Å². The van der Waals surface area contributed by atoms with Crippen LogP contribution in [0.4, 0.5) is 15.8 Å². The van der Waals surface area contributed by atoms with Gasteiger partial charge in [-0.05, 0) is 36.8 Å². The van der Waals surface area contributed by atoms with Gasteiger partial charge in [0.25, 0.3) is 10.0 Å². The van der Waals surface area contributed by atoms with Crippen molar-refractivity contribution in [2.75, 3.05) is 4.72 Å². The largest absolute Gasteiger partial charge is 0.507 e. The lowest BCUT2D eigenvalue weighted by atomic mass is 10.2. The third-order valence-electron chi connectivity index (χ3n) is 2.80. The van der Waals surface area contributed by atoms with Crippen LogP contribution in [0, 0.1) is 22.9 Å². The number of benzene rings is 2. The zero-order valence-corrected chi connectivity index (χ0v) is 12.1. The highest BCUT2D eigenvalue weighted by Crippen LogP contribution is 2.27. The topological polar surface area (TPSA) is 110 Å². The van der Waals surface area contributed by atoms with Crippen LogP contribution in [0.15, 0.2) is 41.3 Å². The van der Waals surface area contributed by atoms with Gasteiger partial charge in [0, 0.05) is 6.07 Å². The molecule has 7 nitrogen and oxygen atoms in total. The number of sulfonamides is 1. The predicted octanol–water partition coefficient (Wildman–Crippen LogP) is 2.55. The molecule has 0 aromatic heterocycles. The van der Waals surface area contributed by atoms with Crippen LogP contribution in [0.5, 0.6) is 5.75 Å². The number of aryl methyl sites for hydroxylation is 1. The second kappa shape index (κ2) is 5.60. The van der Waals surface area contributed by atoms with Crippen molar-refractivity contribution >= 4 is 21.4 Å². The summed E-state index contributed by atoms with van der Waals surface area (Å²) in [7, 11) is -4.17. The number of phenols is 1. The highest BCUT2D eigenvalue weighted by Gasteiger charge is 2.21. The summed E-state index contributed by atoms with van der Waals surface area (Å²) < 4.78 is 39.7. The number of nitro groups is 1. The SMILES string of the molecule is Cc1ccc(O)c(S(=O)(=O)Nc2ccc(F)c([N+](=O)[O-])c2)c1. The van der Waals surface area contributed by atoms with E-state index < -0.39 is 32.2 Å². The Labute approximate surface area is 125 Å². The van der Waals surface area contributed by atoms with Crippen LogP contribution in [-0.2, 0) is 10.0 Å². The van der Waals surface area contributed by atoms with Crippen LogP contribution >= 0.6 is 0 Å². The highest BCUT2D eigenvalue weighted by atomic mass is 32.2. The van der Waals surface area contributed by atoms with Gasteiger partial charge in [-0.25, -0.2) is 8.42 Å². The fraction of sp³-hybridized carbons (Fsp3) is 0.0769. The Morgan fingerprint density at radius 3 is 2.55 bits per heavy atom. The lowest BCUT2D eigenvalue weighted by Crippen LogP contribution is -2.13. The first-order chi connectivity index (χ1) is 10.2. The molecule has 22 heavy (non-hydrogen) atoms. The molecule has 0 radical (unpaired) electrons. The maximum atomic E-state index is 13.2. The van der Waals surface area contributed by atoms with Crippen LogP contribution in [0.1, 0.15) is 5.56 Å². The molecule has 9 heteroatoms. The van der Waals surface area contributed by atoms with E-state index in [-0.39, 0.29) is 10.6 Å². The first kappa shape index (κ1) is 15.7. The number of aromatic hydroxyl groups is 1. The van der Waals surface area contributed by atoms with Crippen molar-refractivity contribution in [3.63, 3.8) is 0 Å². The fourth-order valence-corrected chi connectivity index (χ4v) is 2.99. The molecule has 2 aromatic carbocycles. The molecular weight excluding hydrogens is 315 g/mol. The van der Waals surface area contributed by atoms with E-state index in [0.717, 1.165) is 18.2 Å². The summed E-state index contributed by atoms with van der Waals surface area (Å²) in [6, 6.07) is 6.59. The van der Waals surface area contributed by atoms with Crippen LogP contribution in [0.25, 0.3) is 0 Å². The first-order valence-corrected chi connectivity index (χ1v) is 7.45. The summed E-state index contributed by atoms with van der Waals surface area (Å²) in [5.41, 5.74) is -0.439. The minimum Gasteiger partial charge on any atom is -0.507 e. The van der Waals surface area contributed by atoms with Crippen molar-refractivity contribution in [1.29, 1.82) is 0 Å². The molecular formula is C13H11FN2O5S. The van der Waals surface area contributed by atoms with E-state index in [1.165, 1.54) is 18.2 Å². The molecule has 2 N–H and O–H groups in total. The lowest BCUT2D eigenvalue weighted by Gasteiger charge is -2.10. The molecule has 0 heterocycles. The molecule has 0 aliphatic carbocycles. The van der Waals surface area contributed by atoms with Crippen molar-refractivity contribution in [3.8, 4) is 5.75 Å². The number of hydrogen-bond donors (Lipinski definition) is 2. The summed E-state index contributed by atoms with van der Waals surface area (Å²) in [6.45, 7) is 1.64. The van der Waals surface area contributed by atoms with Gasteiger partial charge in [-0.1, -0.05) is 6.07 Å². The molecule has 2 rings (SSSR count). The number of phenolic OH excluding ortho intramolecular Hbond substituents is 1. The Hall–Kier alpha value is -2.68. The Balaban J connectivity index is 2.43. The van der Waals surface area contributed by atoms with Crippen LogP contribution < -0.4 is 4.72 Å². The van der Waals surface area contributed by atoms with Gasteiger partial charge in [-0.3, -0.25) is 14.8 Å². The van der Waals surface area contributed by atoms with E-state index in [4.69, 9.17) is 0 Å². The van der Waals surface area contributed by atoms with E-state index in [9.17, 15) is 28.0 Å². The molecule has 0 aliphatic heterocycles. The average Bonchev–Trinajstić information content (AvgIpc) is 2.43. The number of halogens is 1. The number of nitro benzene ring substituents is 1. The number of nitrogens with zero attached hydrogens (tertiary/aromatic N) is 1. The molecule has 116 valence electrons. The second-order valence-electron chi connectivity index (χ2n) is 4.50. The van der Waals surface area contributed by atoms with Gasteiger partial charge >= 0.3 is 5.69 Å². The fourth-order valence-electron chi connectivity index (χ4n) is 1.76. The first-order valence-electron chi connectivity index (χ1n) is 5.97. The molecule has 0 saturated heterocycles. The number of anilines is 1. The third-order valence-corrected chi connectivity index (χ3v) is 4.21. The maximum absolute atomic E-state index is 13.2. The Morgan fingerprint density at radius 1 is 1.23 bits per heavy atom. The number of nitrogens with one attached hydrogen (secondary N) is 1. The van der Waals surface area contributed by atoms with Gasteiger partial charge in [-0.15, -0.1) is 0 Å². The molecule has 0 fully saturated rings. The van der Waals surface area contributed by atoms with Crippen LogP contribution in [-0.4, -0.2) is 18.4 Å². The maximum Gasteiger partial charge on any atom is 0.306 e. The molecule has 0 saturated carbocycles. The van der Waals surface area contributed by atoms with E-state index in [2.05, 4.69) is 4.72 Å². The van der Waals surface area contributed by atoms with Crippen molar-refractivity contribution in [2.45, 2.75) is 11.8 Å². The molecule has 0 unspecified atom stereocenters. The lowest BCUT2D eigenvalue weighted by molar-refractivity contribution is -0.387. The molecule has 0 amide bonds. The Bertz CT molecular complexity index is 852. The minimum atomic E-state index is -4.17. The van der Waals surface area contributed by atoms with Crippen molar-refractivity contribution in [2.24, 2.45) is 0 Å². The van der Waals surface area contributed by atoms with Gasteiger partial charge in [0.1, 0.15) is 10.6 Å². The van der Waals surface area contributed by atoms with Crippen LogP contribution in [0.3, 0.4) is 0 Å². The van der Waals surface area contributed by atoms with Gasteiger partial charge in [0.2, 0.25) is 5.82 Å². The summed E-state index contributed by atoms with van der Waals surface area (Å²) in [5.74, 6) is -1.54. The minimum absolute atomic E-state index is 0.186. The summed E-state index contributed by atoms with van der Waals surface area (Å²) in [5, 5.41) is 20.3. The smallest absolute Gasteiger partial charge is 0.306 e. The molecule has 0 spiro atoms. The van der Waals surface area contributed by atoms with Gasteiger partial charge in [0.05, 0.1) is 10.6 Å². The zero-order valence-electron chi connectivity index (χ0n) is 11.3. The number of hydrogen-bond acceptors (Lipinski definition) is 5. The Morgan fingerprint density at radius 2 is 1.91 bits per heavy atom. The zero-order chi connectivity index (χ0) is 16.5. The summed E-state index contributed by atoms with van der Waals surface area (Å²) >= 11 is 0. The normalized spacial score (nSPS) is 11.2. The van der Waals surface area contributed by atoms with Gasteiger partial charge in [-0.2, -0.15) is 4.39 Å². The van der Waals surface area contributed by atoms with Crippen molar-refractivity contribution in [1.82, 2.24) is 0 Å². The average molecular weight is 326 g/mol. The quantitative estimate of drug-likeness (QED) is 0.663. The highest BCUT2D eigenvalue weighted by molar-refractivity contribution is 7.92. The van der Waals surface area contributed by atoms with E-state index in [1.54, 1.807) is 6.92 Å². The van der Waals surface area contributed by atoms with Crippen molar-refractivity contribution < 1.29 is 22.8 Å². The van der Waals surface area contributed by atoms with Crippen LogP contribution in [0.2, 0.25) is 0 Å². The summed E-state index contributed by atoms with van der Waals surface area (Å²) in [4.78, 5) is 9.32. The van der Waals surface area contributed by atoms with Gasteiger partial charge in [0.15, 0.2) is 0 Å². The van der Waals surface area contributed by atoms with E-state index in [1.807, 2.05) is 0 Å². The molecule has 0 aliphatic rings. The van der Waals surface area contributed by atoms with Crippen molar-refractivity contribution in [3.05, 3.63) is 57.9 Å². The molecule has 0 bridgehead atoms. The van der Waals surface area contributed by atoms with E-state index in [0.29, 0.717) is 5.56 Å². The molecule has 2 aromatic rings.